The van der Waals surface area contributed by atoms with E-state index >= 15 is 0 Å². The third-order valence-electron chi connectivity index (χ3n) is 5.22. The molecule has 1 aromatic carbocycles. The van der Waals surface area contributed by atoms with Gasteiger partial charge in [-0.15, -0.1) is 0 Å². The van der Waals surface area contributed by atoms with Crippen molar-refractivity contribution in [2.45, 2.75) is 39.0 Å². The Bertz CT molecular complexity index is 702. The number of hydrogen-bond acceptors (Lipinski definition) is 2. The van der Waals surface area contributed by atoms with Gasteiger partial charge in [-0.3, -0.25) is 4.90 Å². The lowest BCUT2D eigenvalue weighted by Gasteiger charge is -2.39. The van der Waals surface area contributed by atoms with Crippen molar-refractivity contribution < 1.29 is 31.4 Å². The number of rotatable bonds is 3. The smallest absolute Gasteiger partial charge is 0.396 e. The molecular formula is C20H23F6NO. The van der Waals surface area contributed by atoms with E-state index < -0.39 is 23.5 Å². The Morgan fingerprint density at radius 2 is 1.46 bits per heavy atom. The monoisotopic (exact) mass is 407 g/mol. The highest BCUT2D eigenvalue weighted by molar-refractivity contribution is 5.42. The molecule has 1 aliphatic rings. The second kappa shape index (κ2) is 8.34. The largest absolute Gasteiger partial charge is 0.416 e. The lowest BCUT2D eigenvalue weighted by molar-refractivity contribution is -0.143. The van der Waals surface area contributed by atoms with Gasteiger partial charge in [-0.2, -0.15) is 26.3 Å². The highest BCUT2D eigenvalue weighted by Gasteiger charge is 2.37. The molecule has 1 saturated heterocycles. The molecule has 0 amide bonds. The minimum absolute atomic E-state index is 0.0918. The Balaban J connectivity index is 2.08. The number of piperidine rings is 1. The number of hydrogen-bond donors (Lipinski definition) is 1. The number of halogens is 6. The SMILES string of the molecule is CC(C)(CO)C1CCN(CC#Cc2cc(C(F)(F)F)cc(C(F)(F)F)c2)CC1. The standard InChI is InChI=1S/C20H23F6NO/c1-18(2,13-28)15-5-8-27(9-6-15)7-3-4-14-10-16(19(21,22)23)12-17(11-14)20(24,25)26/h10-12,15,28H,5-9,13H2,1-2H3. The first-order chi connectivity index (χ1) is 12.8. The summed E-state index contributed by atoms with van der Waals surface area (Å²) in [6, 6.07) is 1.37. The number of alkyl halides is 6. The second-order valence-electron chi connectivity index (χ2n) is 7.79. The van der Waals surface area contributed by atoms with Crippen LogP contribution in [-0.2, 0) is 12.4 Å². The zero-order chi connectivity index (χ0) is 21.2. The van der Waals surface area contributed by atoms with Crippen LogP contribution < -0.4 is 0 Å². The van der Waals surface area contributed by atoms with Crippen LogP contribution in [0.25, 0.3) is 0 Å². The number of nitrogens with zero attached hydrogens (tertiary/aromatic N) is 1. The predicted octanol–water partition coefficient (Wildman–Crippen LogP) is 4.81. The topological polar surface area (TPSA) is 23.5 Å². The quantitative estimate of drug-likeness (QED) is 0.575. The zero-order valence-corrected chi connectivity index (χ0v) is 15.7. The van der Waals surface area contributed by atoms with E-state index in [1.807, 2.05) is 18.7 Å². The maximum atomic E-state index is 12.9. The summed E-state index contributed by atoms with van der Waals surface area (Å²) < 4.78 is 77.2. The van der Waals surface area contributed by atoms with E-state index in [1.54, 1.807) is 0 Å². The second-order valence-corrected chi connectivity index (χ2v) is 7.79. The molecule has 2 nitrogen and oxygen atoms in total. The van der Waals surface area contributed by atoms with Gasteiger partial charge >= 0.3 is 12.4 Å². The number of aliphatic hydroxyl groups excluding tert-OH is 1. The van der Waals surface area contributed by atoms with Crippen molar-refractivity contribution in [3.63, 3.8) is 0 Å². The Labute approximate surface area is 160 Å². The van der Waals surface area contributed by atoms with Gasteiger partial charge in [0.25, 0.3) is 0 Å². The van der Waals surface area contributed by atoms with Crippen molar-refractivity contribution in [1.29, 1.82) is 0 Å². The summed E-state index contributed by atoms with van der Waals surface area (Å²) in [6.45, 7) is 5.80. The van der Waals surface area contributed by atoms with E-state index in [0.29, 0.717) is 18.1 Å². The van der Waals surface area contributed by atoms with Crippen molar-refractivity contribution in [2.24, 2.45) is 11.3 Å². The number of likely N-dealkylation sites (tertiary alicyclic amines) is 1. The van der Waals surface area contributed by atoms with Gasteiger partial charge in [0.15, 0.2) is 0 Å². The molecule has 0 unspecified atom stereocenters. The van der Waals surface area contributed by atoms with Crippen molar-refractivity contribution in [1.82, 2.24) is 4.90 Å². The summed E-state index contributed by atoms with van der Waals surface area (Å²) in [5.41, 5.74) is -3.21. The van der Waals surface area contributed by atoms with Crippen molar-refractivity contribution in [2.75, 3.05) is 26.2 Å². The minimum Gasteiger partial charge on any atom is -0.396 e. The molecule has 1 aliphatic heterocycles. The Hall–Kier alpha value is -1.72. The average Bonchev–Trinajstić information content (AvgIpc) is 2.60. The lowest BCUT2D eigenvalue weighted by Crippen LogP contribution is -2.40. The van der Waals surface area contributed by atoms with Crippen molar-refractivity contribution in [3.05, 3.63) is 34.9 Å². The van der Waals surface area contributed by atoms with Crippen molar-refractivity contribution in [3.8, 4) is 11.8 Å². The van der Waals surface area contributed by atoms with Gasteiger partial charge < -0.3 is 5.11 Å². The van der Waals surface area contributed by atoms with E-state index in [1.165, 1.54) is 0 Å². The molecule has 28 heavy (non-hydrogen) atoms. The van der Waals surface area contributed by atoms with E-state index in [2.05, 4.69) is 11.8 Å². The summed E-state index contributed by atoms with van der Waals surface area (Å²) >= 11 is 0. The molecule has 1 aromatic rings. The molecule has 8 heteroatoms. The van der Waals surface area contributed by atoms with Crippen molar-refractivity contribution >= 4 is 0 Å². The molecule has 0 saturated carbocycles. The molecule has 0 aliphatic carbocycles. The minimum atomic E-state index is -4.88. The zero-order valence-electron chi connectivity index (χ0n) is 15.7. The normalized spacial score (nSPS) is 17.3. The first-order valence-corrected chi connectivity index (χ1v) is 8.94. The third-order valence-corrected chi connectivity index (χ3v) is 5.22. The van der Waals surface area contributed by atoms with Crippen LogP contribution in [0.1, 0.15) is 43.4 Å². The first-order valence-electron chi connectivity index (χ1n) is 8.94. The summed E-state index contributed by atoms with van der Waals surface area (Å²) in [6.07, 6.45) is -8.04. The number of benzene rings is 1. The molecule has 156 valence electrons. The summed E-state index contributed by atoms with van der Waals surface area (Å²) in [5, 5.41) is 9.44. The fraction of sp³-hybridized carbons (Fsp3) is 0.600. The first kappa shape index (κ1) is 22.6. The Kier molecular flexibility index (Phi) is 6.72. The highest BCUT2D eigenvalue weighted by atomic mass is 19.4. The average molecular weight is 407 g/mol. The molecule has 0 atom stereocenters. The van der Waals surface area contributed by atoms with Gasteiger partial charge in [0.05, 0.1) is 17.7 Å². The molecule has 1 heterocycles. The molecule has 0 spiro atoms. The predicted molar refractivity (Wildman–Crippen MR) is 93.4 cm³/mol. The lowest BCUT2D eigenvalue weighted by atomic mass is 9.74. The van der Waals surface area contributed by atoms with E-state index in [0.717, 1.165) is 25.9 Å². The fourth-order valence-corrected chi connectivity index (χ4v) is 3.28. The van der Waals surface area contributed by atoms with Crippen LogP contribution in [0.15, 0.2) is 18.2 Å². The molecule has 1 fully saturated rings. The van der Waals surface area contributed by atoms with Gasteiger partial charge in [-0.05, 0) is 55.5 Å². The van der Waals surface area contributed by atoms with E-state index in [4.69, 9.17) is 0 Å². The van der Waals surface area contributed by atoms with E-state index in [-0.39, 0.29) is 30.2 Å². The van der Waals surface area contributed by atoms with Crippen LogP contribution in [0.3, 0.4) is 0 Å². The molecular weight excluding hydrogens is 384 g/mol. The number of aliphatic hydroxyl groups is 1. The molecule has 0 aromatic heterocycles. The van der Waals surface area contributed by atoms with Gasteiger partial charge in [0.2, 0.25) is 0 Å². The van der Waals surface area contributed by atoms with Crippen LogP contribution in [0.5, 0.6) is 0 Å². The molecule has 0 bridgehead atoms. The van der Waals surface area contributed by atoms with E-state index in [9.17, 15) is 31.4 Å². The summed E-state index contributed by atoms with van der Waals surface area (Å²) in [5.74, 6) is 5.49. The van der Waals surface area contributed by atoms with Crippen LogP contribution in [-0.4, -0.2) is 36.2 Å². The maximum absolute atomic E-state index is 12.9. The maximum Gasteiger partial charge on any atom is 0.416 e. The van der Waals surface area contributed by atoms with Crippen LogP contribution in [0.2, 0.25) is 0 Å². The third kappa shape index (κ3) is 5.89. The van der Waals surface area contributed by atoms with Gasteiger partial charge in [-0.1, -0.05) is 25.7 Å². The molecule has 1 N–H and O–H groups in total. The van der Waals surface area contributed by atoms with Crippen LogP contribution in [0, 0.1) is 23.2 Å². The molecule has 2 rings (SSSR count). The Morgan fingerprint density at radius 3 is 1.89 bits per heavy atom. The van der Waals surface area contributed by atoms with Gasteiger partial charge in [0.1, 0.15) is 0 Å². The fourth-order valence-electron chi connectivity index (χ4n) is 3.28. The molecule has 0 radical (unpaired) electrons. The Morgan fingerprint density at radius 1 is 0.964 bits per heavy atom. The summed E-state index contributed by atoms with van der Waals surface area (Å²) in [7, 11) is 0. The van der Waals surface area contributed by atoms with Gasteiger partial charge in [-0.25, -0.2) is 0 Å². The van der Waals surface area contributed by atoms with Gasteiger partial charge in [0, 0.05) is 12.2 Å². The highest BCUT2D eigenvalue weighted by Crippen LogP contribution is 2.36. The van der Waals surface area contributed by atoms with Crippen LogP contribution in [0.4, 0.5) is 26.3 Å². The summed E-state index contributed by atoms with van der Waals surface area (Å²) in [4.78, 5) is 2.01. The van der Waals surface area contributed by atoms with Crippen LogP contribution >= 0.6 is 0 Å².